The summed E-state index contributed by atoms with van der Waals surface area (Å²) in [5.41, 5.74) is 0. The number of allylic oxidation sites excluding steroid dienone is 4. The second-order valence-corrected chi connectivity index (χ2v) is 14.4. The predicted octanol–water partition coefficient (Wildman–Crippen LogP) is 8.16. The second kappa shape index (κ2) is 33.7. The van der Waals surface area contributed by atoms with E-state index in [2.05, 4.69) is 38.2 Å². The van der Waals surface area contributed by atoms with Crippen LogP contribution in [0.1, 0.15) is 174 Å². The van der Waals surface area contributed by atoms with Gasteiger partial charge in [-0.05, 0) is 57.8 Å². The quantitative estimate of drug-likeness (QED) is 0.0289. The Morgan fingerprint density at radius 2 is 1.04 bits per heavy atom. The Labute approximate surface area is 315 Å². The summed E-state index contributed by atoms with van der Waals surface area (Å²) < 4.78 is 22.1. The molecule has 6 unspecified atom stereocenters. The molecule has 0 spiro atoms. The molecule has 1 fully saturated rings. The molecule has 0 aromatic rings. The Balaban J connectivity index is 2.37. The number of aliphatic hydroxyl groups is 4. The number of rotatable bonds is 34. The minimum atomic E-state index is -1.59. The number of carbonyl (C=O) groups excluding carboxylic acids is 2. The number of ether oxygens (including phenoxy) is 4. The first-order valence-electron chi connectivity index (χ1n) is 20.9. The maximum Gasteiger partial charge on any atom is 0.306 e. The minimum absolute atomic E-state index is 0.220. The van der Waals surface area contributed by atoms with Gasteiger partial charge in [0, 0.05) is 12.8 Å². The molecule has 10 heteroatoms. The zero-order chi connectivity index (χ0) is 38.1. The summed E-state index contributed by atoms with van der Waals surface area (Å²) in [7, 11) is 0. The van der Waals surface area contributed by atoms with E-state index in [1.54, 1.807) is 0 Å². The second-order valence-electron chi connectivity index (χ2n) is 14.4. The van der Waals surface area contributed by atoms with Crippen molar-refractivity contribution in [2.45, 2.75) is 211 Å². The summed E-state index contributed by atoms with van der Waals surface area (Å²) in [6, 6.07) is 0. The van der Waals surface area contributed by atoms with E-state index in [0.29, 0.717) is 12.8 Å². The minimum Gasteiger partial charge on any atom is -0.462 e. The molecule has 10 nitrogen and oxygen atoms in total. The van der Waals surface area contributed by atoms with Crippen LogP contribution in [0.4, 0.5) is 0 Å². The standard InChI is InChI=1S/C42H76O10/c1-3-5-7-9-11-13-15-16-17-18-19-21-23-25-27-29-31-38(45)51-35(34-50-42-41(48)40(47)39(46)36(32-43)52-42)33-49-37(44)30-28-26-24-22-20-14-12-10-8-6-4-2/h10,12,17-18,35-36,39-43,46-48H,3-9,11,13-16,19-34H2,1-2H3/b12-10-,18-17-. The Morgan fingerprint density at radius 1 is 0.577 bits per heavy atom. The van der Waals surface area contributed by atoms with Crippen molar-refractivity contribution in [1.29, 1.82) is 0 Å². The van der Waals surface area contributed by atoms with Crippen molar-refractivity contribution in [3.05, 3.63) is 24.3 Å². The van der Waals surface area contributed by atoms with E-state index in [9.17, 15) is 30.0 Å². The molecule has 0 amide bonds. The van der Waals surface area contributed by atoms with E-state index in [1.165, 1.54) is 64.2 Å². The van der Waals surface area contributed by atoms with Gasteiger partial charge in [0.15, 0.2) is 12.4 Å². The fraction of sp³-hybridized carbons (Fsp3) is 0.857. The summed E-state index contributed by atoms with van der Waals surface area (Å²) >= 11 is 0. The highest BCUT2D eigenvalue weighted by molar-refractivity contribution is 5.70. The van der Waals surface area contributed by atoms with Gasteiger partial charge in [-0.15, -0.1) is 0 Å². The molecule has 0 radical (unpaired) electrons. The van der Waals surface area contributed by atoms with Crippen molar-refractivity contribution in [2.75, 3.05) is 19.8 Å². The van der Waals surface area contributed by atoms with E-state index in [1.807, 2.05) is 0 Å². The summed E-state index contributed by atoms with van der Waals surface area (Å²) in [4.78, 5) is 25.2. The molecule has 4 N–H and O–H groups in total. The van der Waals surface area contributed by atoms with Crippen LogP contribution in [0, 0.1) is 0 Å². The summed E-state index contributed by atoms with van der Waals surface area (Å²) in [6.07, 6.45) is 27.6. The number of hydrogen-bond donors (Lipinski definition) is 4. The van der Waals surface area contributed by atoms with Crippen molar-refractivity contribution < 1.29 is 49.0 Å². The molecule has 1 aliphatic heterocycles. The monoisotopic (exact) mass is 741 g/mol. The van der Waals surface area contributed by atoms with E-state index < -0.39 is 49.4 Å². The molecule has 304 valence electrons. The number of hydrogen-bond acceptors (Lipinski definition) is 10. The molecule has 1 heterocycles. The fourth-order valence-corrected chi connectivity index (χ4v) is 6.16. The van der Waals surface area contributed by atoms with Crippen LogP contribution in [0.2, 0.25) is 0 Å². The van der Waals surface area contributed by atoms with Gasteiger partial charge in [-0.3, -0.25) is 9.59 Å². The lowest BCUT2D eigenvalue weighted by Gasteiger charge is -2.39. The zero-order valence-electron chi connectivity index (χ0n) is 32.8. The van der Waals surface area contributed by atoms with Crippen LogP contribution < -0.4 is 0 Å². The largest absolute Gasteiger partial charge is 0.462 e. The fourth-order valence-electron chi connectivity index (χ4n) is 6.16. The van der Waals surface area contributed by atoms with Gasteiger partial charge in [0.1, 0.15) is 31.0 Å². The Hall–Kier alpha value is -1.82. The smallest absolute Gasteiger partial charge is 0.306 e. The first-order valence-corrected chi connectivity index (χ1v) is 20.9. The van der Waals surface area contributed by atoms with Crippen LogP contribution in [0.3, 0.4) is 0 Å². The highest BCUT2D eigenvalue weighted by Crippen LogP contribution is 2.22. The lowest BCUT2D eigenvalue weighted by Crippen LogP contribution is -2.59. The molecule has 0 aliphatic carbocycles. The number of esters is 2. The van der Waals surface area contributed by atoms with Crippen LogP contribution in [-0.4, -0.2) is 89.0 Å². The molecule has 1 rings (SSSR count). The van der Waals surface area contributed by atoms with Crippen molar-refractivity contribution >= 4 is 11.9 Å². The molecule has 52 heavy (non-hydrogen) atoms. The summed E-state index contributed by atoms with van der Waals surface area (Å²) in [5, 5.41) is 40.0. The maximum atomic E-state index is 12.7. The normalized spacial score (nSPS) is 21.2. The Bertz CT molecular complexity index is 907. The van der Waals surface area contributed by atoms with Crippen molar-refractivity contribution in [1.82, 2.24) is 0 Å². The van der Waals surface area contributed by atoms with Crippen LogP contribution in [0.25, 0.3) is 0 Å². The van der Waals surface area contributed by atoms with Gasteiger partial charge < -0.3 is 39.4 Å². The van der Waals surface area contributed by atoms with E-state index >= 15 is 0 Å². The summed E-state index contributed by atoms with van der Waals surface area (Å²) in [6.45, 7) is 3.35. The highest BCUT2D eigenvalue weighted by Gasteiger charge is 2.44. The first-order chi connectivity index (χ1) is 25.3. The van der Waals surface area contributed by atoms with Gasteiger partial charge in [0.25, 0.3) is 0 Å². The van der Waals surface area contributed by atoms with E-state index in [4.69, 9.17) is 18.9 Å². The van der Waals surface area contributed by atoms with Gasteiger partial charge in [-0.1, -0.05) is 128 Å². The Kier molecular flexibility index (Phi) is 31.3. The maximum absolute atomic E-state index is 12.7. The van der Waals surface area contributed by atoms with E-state index in [-0.39, 0.29) is 32.0 Å². The predicted molar refractivity (Wildman–Crippen MR) is 206 cm³/mol. The molecular formula is C42H76O10. The molecule has 1 aliphatic rings. The molecule has 0 saturated carbocycles. The van der Waals surface area contributed by atoms with E-state index in [0.717, 1.165) is 70.6 Å². The third-order valence-electron chi connectivity index (χ3n) is 9.56. The SMILES string of the molecule is CCCC/C=C\CCCCCCCC(=O)OCC(COC1OC(CO)C(O)C(O)C1O)OC(=O)CCCCCCC/C=C\CCCCCCCCC. The third-order valence-corrected chi connectivity index (χ3v) is 9.56. The molecule has 0 bridgehead atoms. The first kappa shape index (κ1) is 48.2. The van der Waals surface area contributed by atoms with Crippen molar-refractivity contribution in [2.24, 2.45) is 0 Å². The molecule has 6 atom stereocenters. The van der Waals surface area contributed by atoms with Crippen LogP contribution >= 0.6 is 0 Å². The van der Waals surface area contributed by atoms with Crippen LogP contribution in [0.5, 0.6) is 0 Å². The van der Waals surface area contributed by atoms with Gasteiger partial charge in [0.05, 0.1) is 13.2 Å². The van der Waals surface area contributed by atoms with Crippen LogP contribution in [-0.2, 0) is 28.5 Å². The van der Waals surface area contributed by atoms with Gasteiger partial charge >= 0.3 is 11.9 Å². The lowest BCUT2D eigenvalue weighted by atomic mass is 9.99. The van der Waals surface area contributed by atoms with Gasteiger partial charge in [0.2, 0.25) is 0 Å². The number of unbranched alkanes of at least 4 members (excludes halogenated alkanes) is 19. The van der Waals surface area contributed by atoms with Crippen molar-refractivity contribution in [3.63, 3.8) is 0 Å². The van der Waals surface area contributed by atoms with Gasteiger partial charge in [-0.2, -0.15) is 0 Å². The van der Waals surface area contributed by atoms with Gasteiger partial charge in [-0.25, -0.2) is 0 Å². The topological polar surface area (TPSA) is 152 Å². The highest BCUT2D eigenvalue weighted by atomic mass is 16.7. The van der Waals surface area contributed by atoms with Crippen molar-refractivity contribution in [3.8, 4) is 0 Å². The molecule has 1 saturated heterocycles. The zero-order valence-corrected chi connectivity index (χ0v) is 32.8. The number of carbonyl (C=O) groups is 2. The third kappa shape index (κ3) is 25.2. The number of aliphatic hydroxyl groups excluding tert-OH is 4. The average Bonchev–Trinajstić information content (AvgIpc) is 3.14. The molecule has 0 aromatic carbocycles. The molecule has 0 aromatic heterocycles. The lowest BCUT2D eigenvalue weighted by molar-refractivity contribution is -0.305. The van der Waals surface area contributed by atoms with Crippen LogP contribution in [0.15, 0.2) is 24.3 Å². The summed E-state index contributed by atoms with van der Waals surface area (Å²) in [5.74, 6) is -0.827. The molecular weight excluding hydrogens is 664 g/mol. The average molecular weight is 741 g/mol. The Morgan fingerprint density at radius 3 is 1.56 bits per heavy atom.